The van der Waals surface area contributed by atoms with Crippen LogP contribution in [0.3, 0.4) is 0 Å². The Morgan fingerprint density at radius 2 is 0.804 bits per heavy atom. The topological polar surface area (TPSA) is 61.8 Å². The number of ether oxygens (including phenoxy) is 3. The van der Waals surface area contributed by atoms with Gasteiger partial charge in [0, 0.05) is 19.4 Å². The van der Waals surface area contributed by atoms with Gasteiger partial charge in [-0.2, -0.15) is 0 Å². The maximum Gasteiger partial charge on any atom is 0.306 e. The molecule has 0 rings (SSSR count). The standard InChI is InChI=1S/C51H88O5/c1-4-7-10-13-15-17-19-21-23-25-26-27-28-30-32-34-36-39-41-44-50(52)55-48-49(56-51(53)45-42-38-12-9-6-3)47-54-46-43-40-37-35-33-31-29-24-22-20-18-16-14-11-8-5-2/h8,11,15-18,21-24,26-27,49H,4-7,9-10,12-14,19-20,25,28-48H2,1-3H3/b11-8-,17-15-,18-16-,23-21-,24-22-,27-26-. The molecule has 0 aromatic rings. The maximum atomic E-state index is 12.5. The van der Waals surface area contributed by atoms with Crippen LogP contribution in [0.25, 0.3) is 0 Å². The van der Waals surface area contributed by atoms with Crippen LogP contribution in [-0.4, -0.2) is 37.9 Å². The predicted molar refractivity (Wildman–Crippen MR) is 242 cm³/mol. The second-order valence-electron chi connectivity index (χ2n) is 15.3. The summed E-state index contributed by atoms with van der Waals surface area (Å²) in [5.74, 6) is -0.434. The highest BCUT2D eigenvalue weighted by molar-refractivity contribution is 5.70. The fraction of sp³-hybridized carbons (Fsp3) is 0.725. The highest BCUT2D eigenvalue weighted by Gasteiger charge is 2.17. The molecule has 0 N–H and O–H groups in total. The molecule has 0 aromatic heterocycles. The lowest BCUT2D eigenvalue weighted by atomic mass is 10.1. The molecule has 0 aliphatic heterocycles. The molecule has 0 spiro atoms. The summed E-state index contributed by atoms with van der Waals surface area (Å²) in [5, 5.41) is 0. The molecule has 5 heteroatoms. The highest BCUT2D eigenvalue weighted by atomic mass is 16.6. The first kappa shape index (κ1) is 53.3. The normalized spacial score (nSPS) is 12.8. The Morgan fingerprint density at radius 3 is 1.32 bits per heavy atom. The SMILES string of the molecule is CC/C=C\C/C=C\C/C=C\CCCCCCCCOCC(COC(=O)CCCCCCCC/C=C\C/C=C\C/C=C\CCCCC)OC(=O)CCCCCCC. The summed E-state index contributed by atoms with van der Waals surface area (Å²) in [6.45, 7) is 7.57. The summed E-state index contributed by atoms with van der Waals surface area (Å²) >= 11 is 0. The van der Waals surface area contributed by atoms with Gasteiger partial charge in [0.15, 0.2) is 6.10 Å². The molecular formula is C51H88O5. The van der Waals surface area contributed by atoms with Gasteiger partial charge in [0.1, 0.15) is 6.61 Å². The van der Waals surface area contributed by atoms with Crippen molar-refractivity contribution < 1.29 is 23.8 Å². The van der Waals surface area contributed by atoms with E-state index in [-0.39, 0.29) is 25.2 Å². The van der Waals surface area contributed by atoms with Crippen LogP contribution < -0.4 is 0 Å². The third-order valence-electron chi connectivity index (χ3n) is 9.73. The highest BCUT2D eigenvalue weighted by Crippen LogP contribution is 2.12. The lowest BCUT2D eigenvalue weighted by Crippen LogP contribution is -2.30. The zero-order valence-corrected chi connectivity index (χ0v) is 36.9. The van der Waals surface area contributed by atoms with Crippen LogP contribution in [0.15, 0.2) is 72.9 Å². The summed E-state index contributed by atoms with van der Waals surface area (Å²) in [4.78, 5) is 25.0. The molecule has 0 aliphatic rings. The van der Waals surface area contributed by atoms with Gasteiger partial charge >= 0.3 is 11.9 Å². The zero-order chi connectivity index (χ0) is 40.7. The van der Waals surface area contributed by atoms with E-state index in [1.807, 2.05) is 0 Å². The minimum absolute atomic E-state index is 0.0704. The van der Waals surface area contributed by atoms with Gasteiger partial charge < -0.3 is 14.2 Å². The molecule has 0 bridgehead atoms. The first-order chi connectivity index (χ1) is 27.6. The van der Waals surface area contributed by atoms with Gasteiger partial charge in [0.05, 0.1) is 6.61 Å². The van der Waals surface area contributed by atoms with Gasteiger partial charge in [-0.3, -0.25) is 9.59 Å². The summed E-state index contributed by atoms with van der Waals surface area (Å²) in [6.07, 6.45) is 59.3. The van der Waals surface area contributed by atoms with Crippen LogP contribution >= 0.6 is 0 Å². The Bertz CT molecular complexity index is 1020. The van der Waals surface area contributed by atoms with E-state index in [9.17, 15) is 9.59 Å². The molecule has 0 saturated heterocycles. The Balaban J connectivity index is 4.09. The first-order valence-electron chi connectivity index (χ1n) is 23.5. The van der Waals surface area contributed by atoms with Crippen LogP contribution in [-0.2, 0) is 23.8 Å². The minimum atomic E-state index is -0.545. The number of unbranched alkanes of at least 4 members (excludes halogenated alkanes) is 19. The fourth-order valence-electron chi connectivity index (χ4n) is 6.24. The summed E-state index contributed by atoms with van der Waals surface area (Å²) in [5.41, 5.74) is 0. The summed E-state index contributed by atoms with van der Waals surface area (Å²) in [6, 6.07) is 0. The van der Waals surface area contributed by atoms with Gasteiger partial charge in [0.25, 0.3) is 0 Å². The van der Waals surface area contributed by atoms with Crippen molar-refractivity contribution in [3.8, 4) is 0 Å². The van der Waals surface area contributed by atoms with Gasteiger partial charge in [-0.25, -0.2) is 0 Å². The maximum absolute atomic E-state index is 12.5. The van der Waals surface area contributed by atoms with Gasteiger partial charge in [-0.05, 0) is 89.9 Å². The number of carbonyl (C=O) groups excluding carboxylic acids is 2. The number of rotatable bonds is 42. The average molecular weight is 781 g/mol. The molecule has 5 nitrogen and oxygen atoms in total. The van der Waals surface area contributed by atoms with Crippen molar-refractivity contribution >= 4 is 11.9 Å². The Labute approximate surface area is 347 Å². The van der Waals surface area contributed by atoms with Crippen LogP contribution in [0.4, 0.5) is 0 Å². The Morgan fingerprint density at radius 1 is 0.411 bits per heavy atom. The van der Waals surface area contributed by atoms with E-state index in [0.29, 0.717) is 19.4 Å². The molecule has 1 atom stereocenters. The second kappa shape index (κ2) is 46.7. The Hall–Kier alpha value is -2.66. The van der Waals surface area contributed by atoms with Crippen molar-refractivity contribution in [1.29, 1.82) is 0 Å². The van der Waals surface area contributed by atoms with Crippen molar-refractivity contribution in [2.24, 2.45) is 0 Å². The van der Waals surface area contributed by atoms with Crippen molar-refractivity contribution in [2.75, 3.05) is 19.8 Å². The molecule has 0 fully saturated rings. The van der Waals surface area contributed by atoms with E-state index in [2.05, 4.69) is 93.7 Å². The number of hydrogen-bond donors (Lipinski definition) is 0. The van der Waals surface area contributed by atoms with Crippen LogP contribution in [0, 0.1) is 0 Å². The van der Waals surface area contributed by atoms with E-state index in [1.165, 1.54) is 83.5 Å². The molecule has 0 heterocycles. The summed E-state index contributed by atoms with van der Waals surface area (Å²) in [7, 11) is 0. The lowest BCUT2D eigenvalue weighted by molar-refractivity contribution is -0.163. The van der Waals surface area contributed by atoms with Crippen molar-refractivity contribution in [1.82, 2.24) is 0 Å². The van der Waals surface area contributed by atoms with Crippen molar-refractivity contribution in [2.45, 2.75) is 219 Å². The summed E-state index contributed by atoms with van der Waals surface area (Å²) < 4.78 is 17.2. The van der Waals surface area contributed by atoms with Gasteiger partial charge in [-0.1, -0.05) is 184 Å². The number of allylic oxidation sites excluding steroid dienone is 12. The van der Waals surface area contributed by atoms with Crippen LogP contribution in [0.2, 0.25) is 0 Å². The predicted octanol–water partition coefficient (Wildman–Crippen LogP) is 15.6. The largest absolute Gasteiger partial charge is 0.462 e. The molecule has 0 aromatic carbocycles. The monoisotopic (exact) mass is 781 g/mol. The lowest BCUT2D eigenvalue weighted by Gasteiger charge is -2.18. The van der Waals surface area contributed by atoms with Crippen molar-refractivity contribution in [3.63, 3.8) is 0 Å². The molecule has 1 unspecified atom stereocenters. The fourth-order valence-corrected chi connectivity index (χ4v) is 6.24. The third-order valence-corrected chi connectivity index (χ3v) is 9.73. The van der Waals surface area contributed by atoms with Crippen LogP contribution in [0.1, 0.15) is 213 Å². The van der Waals surface area contributed by atoms with E-state index in [1.54, 1.807) is 0 Å². The smallest absolute Gasteiger partial charge is 0.306 e. The van der Waals surface area contributed by atoms with Crippen LogP contribution in [0.5, 0.6) is 0 Å². The van der Waals surface area contributed by atoms with Crippen molar-refractivity contribution in [3.05, 3.63) is 72.9 Å². The molecule has 0 aliphatic carbocycles. The molecule has 322 valence electrons. The molecule has 0 saturated carbocycles. The first-order valence-corrected chi connectivity index (χ1v) is 23.5. The number of hydrogen-bond acceptors (Lipinski definition) is 5. The number of esters is 2. The molecule has 0 radical (unpaired) electrons. The van der Waals surface area contributed by atoms with Gasteiger partial charge in [-0.15, -0.1) is 0 Å². The quantitative estimate of drug-likeness (QED) is 0.0351. The molecular weight excluding hydrogens is 693 g/mol. The average Bonchev–Trinajstić information content (AvgIpc) is 3.20. The Kier molecular flexibility index (Phi) is 44.5. The minimum Gasteiger partial charge on any atom is -0.462 e. The van der Waals surface area contributed by atoms with Gasteiger partial charge in [0.2, 0.25) is 0 Å². The van der Waals surface area contributed by atoms with E-state index in [0.717, 1.165) is 96.3 Å². The number of carbonyl (C=O) groups is 2. The molecule has 56 heavy (non-hydrogen) atoms. The zero-order valence-electron chi connectivity index (χ0n) is 36.9. The second-order valence-corrected chi connectivity index (χ2v) is 15.3. The van der Waals surface area contributed by atoms with E-state index in [4.69, 9.17) is 14.2 Å². The van der Waals surface area contributed by atoms with E-state index >= 15 is 0 Å². The third kappa shape index (κ3) is 44.1. The van der Waals surface area contributed by atoms with E-state index < -0.39 is 6.10 Å². The molecule has 0 amide bonds.